The number of thiophene rings is 1. The second kappa shape index (κ2) is 7.14. The van der Waals surface area contributed by atoms with Gasteiger partial charge in [-0.2, -0.15) is 5.26 Å². The summed E-state index contributed by atoms with van der Waals surface area (Å²) in [5.41, 5.74) is 3.25. The van der Waals surface area contributed by atoms with Crippen molar-refractivity contribution in [2.24, 2.45) is 5.92 Å². The standard InChI is InChI=1S/C19H17N3O2S2/c1-11-6-7-12-13(9-20)18(26-16(12)8-11)22-17(23)10-25-19-21-14-4-2-3-5-15(14)24-19/h2-5,11H,6-8,10H2,1H3,(H,22,23). The van der Waals surface area contributed by atoms with Crippen molar-refractivity contribution in [3.05, 3.63) is 40.3 Å². The lowest BCUT2D eigenvalue weighted by Gasteiger charge is -2.17. The van der Waals surface area contributed by atoms with Gasteiger partial charge in [-0.25, -0.2) is 4.98 Å². The fourth-order valence-electron chi connectivity index (χ4n) is 3.16. The number of oxazole rings is 1. The molecule has 1 unspecified atom stereocenters. The number of nitrogens with one attached hydrogen (secondary N) is 1. The van der Waals surface area contributed by atoms with Crippen LogP contribution in [0.1, 0.15) is 29.3 Å². The third-order valence-electron chi connectivity index (χ3n) is 4.48. The van der Waals surface area contributed by atoms with Gasteiger partial charge in [-0.05, 0) is 42.9 Å². The van der Waals surface area contributed by atoms with Crippen LogP contribution in [0.4, 0.5) is 5.00 Å². The van der Waals surface area contributed by atoms with Gasteiger partial charge in [-0.15, -0.1) is 11.3 Å². The van der Waals surface area contributed by atoms with E-state index in [1.807, 2.05) is 24.3 Å². The number of thioether (sulfide) groups is 1. The number of para-hydroxylation sites is 2. The first-order chi connectivity index (χ1) is 12.6. The van der Waals surface area contributed by atoms with Crippen LogP contribution in [0.25, 0.3) is 11.1 Å². The zero-order chi connectivity index (χ0) is 18.1. The molecule has 0 saturated heterocycles. The number of hydrogen-bond acceptors (Lipinski definition) is 6. The van der Waals surface area contributed by atoms with E-state index in [-0.39, 0.29) is 11.7 Å². The van der Waals surface area contributed by atoms with Crippen LogP contribution in [0.15, 0.2) is 33.9 Å². The molecule has 132 valence electrons. The zero-order valence-electron chi connectivity index (χ0n) is 14.2. The molecule has 1 atom stereocenters. The van der Waals surface area contributed by atoms with Gasteiger partial charge in [0.2, 0.25) is 5.91 Å². The number of fused-ring (bicyclic) bond motifs is 2. The second-order valence-electron chi connectivity index (χ2n) is 6.45. The molecule has 1 aromatic carbocycles. The first kappa shape index (κ1) is 17.1. The topological polar surface area (TPSA) is 78.9 Å². The Balaban J connectivity index is 1.44. The summed E-state index contributed by atoms with van der Waals surface area (Å²) in [7, 11) is 0. The molecule has 1 amide bonds. The number of rotatable bonds is 4. The molecule has 4 rings (SSSR count). The summed E-state index contributed by atoms with van der Waals surface area (Å²) >= 11 is 2.80. The fraction of sp³-hybridized carbons (Fsp3) is 0.316. The van der Waals surface area contributed by atoms with Gasteiger partial charge in [0.1, 0.15) is 16.6 Å². The van der Waals surface area contributed by atoms with Crippen LogP contribution in [0, 0.1) is 17.2 Å². The van der Waals surface area contributed by atoms with Gasteiger partial charge in [-0.3, -0.25) is 4.79 Å². The lowest BCUT2D eigenvalue weighted by Crippen LogP contribution is -2.14. The molecule has 2 aromatic heterocycles. The van der Waals surface area contributed by atoms with Crippen molar-refractivity contribution in [2.45, 2.75) is 31.4 Å². The quantitative estimate of drug-likeness (QED) is 0.665. The van der Waals surface area contributed by atoms with E-state index in [4.69, 9.17) is 4.42 Å². The lowest BCUT2D eigenvalue weighted by molar-refractivity contribution is -0.113. The van der Waals surface area contributed by atoms with Crippen molar-refractivity contribution >= 4 is 45.1 Å². The molecule has 0 saturated carbocycles. The molecule has 0 bridgehead atoms. The Hall–Kier alpha value is -2.30. The van der Waals surface area contributed by atoms with E-state index in [1.165, 1.54) is 16.6 Å². The van der Waals surface area contributed by atoms with Crippen molar-refractivity contribution in [1.82, 2.24) is 4.98 Å². The van der Waals surface area contributed by atoms with Crippen molar-refractivity contribution in [2.75, 3.05) is 11.1 Å². The van der Waals surface area contributed by atoms with Crippen LogP contribution in [-0.2, 0) is 17.6 Å². The molecule has 0 radical (unpaired) electrons. The third-order valence-corrected chi connectivity index (χ3v) is 6.48. The maximum atomic E-state index is 12.3. The highest BCUT2D eigenvalue weighted by molar-refractivity contribution is 7.99. The van der Waals surface area contributed by atoms with Gasteiger partial charge in [0.25, 0.3) is 5.22 Å². The average Bonchev–Trinajstić information content (AvgIpc) is 3.19. The van der Waals surface area contributed by atoms with E-state index < -0.39 is 0 Å². The van der Waals surface area contributed by atoms with E-state index in [2.05, 4.69) is 23.3 Å². The van der Waals surface area contributed by atoms with Crippen LogP contribution >= 0.6 is 23.1 Å². The normalized spacial score (nSPS) is 16.2. The van der Waals surface area contributed by atoms with Gasteiger partial charge in [0, 0.05) is 4.88 Å². The summed E-state index contributed by atoms with van der Waals surface area (Å²) < 4.78 is 5.61. The van der Waals surface area contributed by atoms with Gasteiger partial charge >= 0.3 is 0 Å². The minimum Gasteiger partial charge on any atom is -0.431 e. The minimum absolute atomic E-state index is 0.152. The van der Waals surface area contributed by atoms with E-state index >= 15 is 0 Å². The Morgan fingerprint density at radius 3 is 3.15 bits per heavy atom. The van der Waals surface area contributed by atoms with Crippen molar-refractivity contribution in [3.63, 3.8) is 0 Å². The van der Waals surface area contributed by atoms with E-state index in [0.717, 1.165) is 30.3 Å². The molecule has 1 aliphatic carbocycles. The summed E-state index contributed by atoms with van der Waals surface area (Å²) in [4.78, 5) is 17.9. The predicted molar refractivity (Wildman–Crippen MR) is 104 cm³/mol. The monoisotopic (exact) mass is 383 g/mol. The number of anilines is 1. The van der Waals surface area contributed by atoms with E-state index in [1.54, 1.807) is 11.3 Å². The molecule has 0 fully saturated rings. The minimum atomic E-state index is -0.152. The molecule has 3 aromatic rings. The molecule has 1 aliphatic rings. The number of nitrogens with zero attached hydrogens (tertiary/aromatic N) is 2. The van der Waals surface area contributed by atoms with Gasteiger partial charge < -0.3 is 9.73 Å². The summed E-state index contributed by atoms with van der Waals surface area (Å²) in [5, 5.41) is 13.6. The Bertz CT molecular complexity index is 983. The zero-order valence-corrected chi connectivity index (χ0v) is 15.9. The maximum absolute atomic E-state index is 12.3. The summed E-state index contributed by atoms with van der Waals surface area (Å²) in [6.07, 6.45) is 3.00. The molecule has 5 nitrogen and oxygen atoms in total. The number of nitriles is 1. The maximum Gasteiger partial charge on any atom is 0.257 e. The molecule has 26 heavy (non-hydrogen) atoms. The summed E-state index contributed by atoms with van der Waals surface area (Å²) in [6.45, 7) is 2.23. The molecule has 7 heteroatoms. The Labute approximate surface area is 159 Å². The van der Waals surface area contributed by atoms with Gasteiger partial charge in [0.15, 0.2) is 5.58 Å². The molecular formula is C19H17N3O2S2. The van der Waals surface area contributed by atoms with Crippen molar-refractivity contribution in [1.29, 1.82) is 5.26 Å². The van der Waals surface area contributed by atoms with Crippen LogP contribution in [0.5, 0.6) is 0 Å². The molecule has 1 N–H and O–H groups in total. The van der Waals surface area contributed by atoms with Gasteiger partial charge in [-0.1, -0.05) is 30.8 Å². The third kappa shape index (κ3) is 3.35. The highest BCUT2D eigenvalue weighted by Crippen LogP contribution is 2.39. The van der Waals surface area contributed by atoms with Crippen LogP contribution in [0.3, 0.4) is 0 Å². The summed E-state index contributed by atoms with van der Waals surface area (Å²) in [6, 6.07) is 9.78. The van der Waals surface area contributed by atoms with Crippen molar-refractivity contribution in [3.8, 4) is 6.07 Å². The lowest BCUT2D eigenvalue weighted by atomic mass is 9.89. The highest BCUT2D eigenvalue weighted by atomic mass is 32.2. The SMILES string of the molecule is CC1CCc2c(sc(NC(=O)CSc3nc4ccccc4o3)c2C#N)C1. The second-order valence-corrected chi connectivity index (χ2v) is 8.48. The fourth-order valence-corrected chi connectivity index (χ4v) is 5.18. The number of benzene rings is 1. The Morgan fingerprint density at radius 1 is 1.50 bits per heavy atom. The van der Waals surface area contributed by atoms with E-state index in [9.17, 15) is 10.1 Å². The predicted octanol–water partition coefficient (Wildman–Crippen LogP) is 4.62. The first-order valence-corrected chi connectivity index (χ1v) is 10.3. The van der Waals surface area contributed by atoms with Gasteiger partial charge in [0.05, 0.1) is 11.3 Å². The average molecular weight is 383 g/mol. The Morgan fingerprint density at radius 2 is 2.35 bits per heavy atom. The largest absolute Gasteiger partial charge is 0.431 e. The highest BCUT2D eigenvalue weighted by Gasteiger charge is 2.24. The van der Waals surface area contributed by atoms with Crippen LogP contribution < -0.4 is 5.32 Å². The molecule has 0 spiro atoms. The molecule has 0 aliphatic heterocycles. The summed E-state index contributed by atoms with van der Waals surface area (Å²) in [5.74, 6) is 0.669. The van der Waals surface area contributed by atoms with Crippen LogP contribution in [-0.4, -0.2) is 16.6 Å². The van der Waals surface area contributed by atoms with E-state index in [0.29, 0.717) is 27.3 Å². The number of amides is 1. The number of carbonyl (C=O) groups is 1. The number of carbonyl (C=O) groups excluding carboxylic acids is 1. The Kier molecular flexibility index (Phi) is 4.70. The molecular weight excluding hydrogens is 366 g/mol. The smallest absolute Gasteiger partial charge is 0.257 e. The number of hydrogen-bond donors (Lipinski definition) is 1. The van der Waals surface area contributed by atoms with Crippen molar-refractivity contribution < 1.29 is 9.21 Å². The molecule has 2 heterocycles. The first-order valence-electron chi connectivity index (χ1n) is 8.47. The number of aromatic nitrogens is 1. The van der Waals surface area contributed by atoms with Crippen LogP contribution in [0.2, 0.25) is 0 Å².